The molecule has 3 unspecified atom stereocenters. The number of aryl methyl sites for hydroxylation is 1. The van der Waals surface area contributed by atoms with Gasteiger partial charge in [0.2, 0.25) is 0 Å². The zero-order valence-electron chi connectivity index (χ0n) is 15.5. The van der Waals surface area contributed by atoms with Crippen molar-refractivity contribution in [3.63, 3.8) is 0 Å². The van der Waals surface area contributed by atoms with E-state index in [0.29, 0.717) is 5.41 Å². The quantitative estimate of drug-likeness (QED) is 0.713. The molecule has 132 valence electrons. The third-order valence-electron chi connectivity index (χ3n) is 7.38. The van der Waals surface area contributed by atoms with Gasteiger partial charge in [-0.15, -0.1) is 0 Å². The lowest BCUT2D eigenvalue weighted by atomic mass is 9.67. The number of hydrogen-bond donors (Lipinski definition) is 0. The predicted octanol–water partition coefficient (Wildman–Crippen LogP) is 5.42. The first-order chi connectivity index (χ1) is 11.4. The lowest BCUT2D eigenvalue weighted by Gasteiger charge is -2.43. The summed E-state index contributed by atoms with van der Waals surface area (Å²) in [5.41, 5.74) is 2.37. The van der Waals surface area contributed by atoms with Crippen LogP contribution >= 0.6 is 0 Å². The third kappa shape index (κ3) is 2.92. The SMILES string of the molecule is Cc1ccc(CN(C)CC23CC4CC2[C@H](C)CC[C@@H](C4)C3)c(F)c1. The Balaban J connectivity index is 1.51. The van der Waals surface area contributed by atoms with Gasteiger partial charge >= 0.3 is 0 Å². The standard InChI is InChI=1S/C22H32FN/c1-15-4-7-19(21(23)8-15)13-24(3)14-22-11-17-6-5-16(2)20(22)10-18(9-17)12-22/h4,7-8,16-18,20H,5-6,9-14H2,1-3H3/t16-,17+,18?,20?,22?/m1/s1. The van der Waals surface area contributed by atoms with E-state index in [1.165, 1.54) is 38.5 Å². The minimum atomic E-state index is -0.0422. The Bertz CT molecular complexity index is 610. The van der Waals surface area contributed by atoms with E-state index < -0.39 is 0 Å². The zero-order valence-corrected chi connectivity index (χ0v) is 15.5. The smallest absolute Gasteiger partial charge is 0.127 e. The molecule has 3 aliphatic carbocycles. The molecule has 3 bridgehead atoms. The van der Waals surface area contributed by atoms with Gasteiger partial charge in [-0.2, -0.15) is 0 Å². The molecule has 24 heavy (non-hydrogen) atoms. The molecule has 5 atom stereocenters. The van der Waals surface area contributed by atoms with Crippen molar-refractivity contribution < 1.29 is 4.39 Å². The summed E-state index contributed by atoms with van der Waals surface area (Å²) >= 11 is 0. The maximum atomic E-state index is 14.2. The molecule has 3 saturated carbocycles. The molecule has 4 rings (SSSR count). The first kappa shape index (κ1) is 16.6. The first-order valence-electron chi connectivity index (χ1n) is 9.89. The zero-order chi connectivity index (χ0) is 16.9. The normalized spacial score (nSPS) is 37.9. The topological polar surface area (TPSA) is 3.24 Å². The summed E-state index contributed by atoms with van der Waals surface area (Å²) in [5, 5.41) is 0. The molecule has 2 heteroatoms. The largest absolute Gasteiger partial charge is 0.301 e. The van der Waals surface area contributed by atoms with E-state index >= 15 is 0 Å². The summed E-state index contributed by atoms with van der Waals surface area (Å²) in [6, 6.07) is 5.67. The van der Waals surface area contributed by atoms with Crippen molar-refractivity contribution in [3.8, 4) is 0 Å². The van der Waals surface area contributed by atoms with Crippen molar-refractivity contribution >= 4 is 0 Å². The van der Waals surface area contributed by atoms with Crippen LogP contribution in [0.3, 0.4) is 0 Å². The van der Waals surface area contributed by atoms with Crippen LogP contribution in [-0.4, -0.2) is 18.5 Å². The van der Waals surface area contributed by atoms with Crippen LogP contribution in [-0.2, 0) is 6.54 Å². The van der Waals surface area contributed by atoms with E-state index in [1.54, 1.807) is 6.07 Å². The monoisotopic (exact) mass is 329 g/mol. The highest BCUT2D eigenvalue weighted by Gasteiger charge is 2.54. The highest BCUT2D eigenvalue weighted by atomic mass is 19.1. The second-order valence-corrected chi connectivity index (χ2v) is 9.40. The van der Waals surface area contributed by atoms with Crippen molar-refractivity contribution in [1.29, 1.82) is 0 Å². The Morgan fingerprint density at radius 2 is 1.96 bits per heavy atom. The molecule has 1 aromatic rings. The van der Waals surface area contributed by atoms with Crippen LogP contribution in [0.4, 0.5) is 4.39 Å². The van der Waals surface area contributed by atoms with Crippen LogP contribution in [0.25, 0.3) is 0 Å². The Hall–Kier alpha value is -0.890. The highest BCUT2D eigenvalue weighted by molar-refractivity contribution is 5.23. The minimum Gasteiger partial charge on any atom is -0.301 e. The molecule has 0 saturated heterocycles. The summed E-state index contributed by atoms with van der Waals surface area (Å²) in [4.78, 5) is 2.41. The van der Waals surface area contributed by atoms with Crippen molar-refractivity contribution in [2.75, 3.05) is 13.6 Å². The molecular formula is C22H32FN. The van der Waals surface area contributed by atoms with Gasteiger partial charge in [-0.25, -0.2) is 4.39 Å². The summed E-state index contributed by atoms with van der Waals surface area (Å²) in [6.45, 7) is 6.35. The number of nitrogens with zero attached hydrogens (tertiary/aromatic N) is 1. The molecule has 1 nitrogen and oxygen atoms in total. The van der Waals surface area contributed by atoms with Gasteiger partial charge in [-0.1, -0.05) is 31.9 Å². The fraction of sp³-hybridized carbons (Fsp3) is 0.727. The number of benzene rings is 1. The molecule has 0 radical (unpaired) electrons. The number of fused-ring (bicyclic) bond motifs is 2. The maximum absolute atomic E-state index is 14.2. The van der Waals surface area contributed by atoms with Crippen LogP contribution in [0, 0.1) is 41.8 Å². The van der Waals surface area contributed by atoms with Gasteiger partial charge in [0.25, 0.3) is 0 Å². The molecule has 0 aromatic heterocycles. The molecule has 3 fully saturated rings. The second kappa shape index (κ2) is 6.12. The minimum absolute atomic E-state index is 0.0422. The lowest BCUT2D eigenvalue weighted by Crippen LogP contribution is -2.41. The summed E-state index contributed by atoms with van der Waals surface area (Å²) in [5.74, 6) is 3.67. The van der Waals surface area contributed by atoms with E-state index in [9.17, 15) is 4.39 Å². The predicted molar refractivity (Wildman–Crippen MR) is 97.2 cm³/mol. The van der Waals surface area contributed by atoms with Gasteiger partial charge in [0.1, 0.15) is 5.82 Å². The molecule has 0 aliphatic heterocycles. The van der Waals surface area contributed by atoms with Crippen molar-refractivity contribution in [2.24, 2.45) is 29.1 Å². The van der Waals surface area contributed by atoms with Gasteiger partial charge in [-0.05, 0) is 80.4 Å². The average molecular weight is 330 g/mol. The summed E-state index contributed by atoms with van der Waals surface area (Å²) in [6.07, 6.45) is 8.69. The second-order valence-electron chi connectivity index (χ2n) is 9.40. The third-order valence-corrected chi connectivity index (χ3v) is 7.38. The van der Waals surface area contributed by atoms with E-state index in [2.05, 4.69) is 18.9 Å². The van der Waals surface area contributed by atoms with E-state index in [1.807, 2.05) is 19.1 Å². The van der Waals surface area contributed by atoms with Crippen LogP contribution < -0.4 is 0 Å². The van der Waals surface area contributed by atoms with Crippen molar-refractivity contribution in [3.05, 3.63) is 35.1 Å². The Labute approximate surface area is 146 Å². The van der Waals surface area contributed by atoms with E-state index in [-0.39, 0.29) is 5.82 Å². The molecular weight excluding hydrogens is 297 g/mol. The Morgan fingerprint density at radius 3 is 2.75 bits per heavy atom. The van der Waals surface area contributed by atoms with Gasteiger partial charge in [-0.3, -0.25) is 0 Å². The molecule has 0 N–H and O–H groups in total. The molecule has 0 amide bonds. The maximum Gasteiger partial charge on any atom is 0.127 e. The summed E-state index contributed by atoms with van der Waals surface area (Å²) in [7, 11) is 2.20. The van der Waals surface area contributed by atoms with Crippen LogP contribution in [0.1, 0.15) is 56.6 Å². The van der Waals surface area contributed by atoms with Crippen LogP contribution in [0.2, 0.25) is 0 Å². The molecule has 0 spiro atoms. The first-order valence-corrected chi connectivity index (χ1v) is 9.89. The average Bonchev–Trinajstić information content (AvgIpc) is 2.73. The highest BCUT2D eigenvalue weighted by Crippen LogP contribution is 2.62. The number of hydrogen-bond acceptors (Lipinski definition) is 1. The van der Waals surface area contributed by atoms with Gasteiger partial charge in [0.05, 0.1) is 0 Å². The lowest BCUT2D eigenvalue weighted by molar-refractivity contribution is 0.0627. The van der Waals surface area contributed by atoms with E-state index in [0.717, 1.165) is 47.9 Å². The number of halogens is 1. The molecule has 3 aliphatic rings. The summed E-state index contributed by atoms with van der Waals surface area (Å²) < 4.78 is 14.2. The molecule has 0 heterocycles. The molecule has 1 aromatic carbocycles. The van der Waals surface area contributed by atoms with Gasteiger partial charge < -0.3 is 4.90 Å². The van der Waals surface area contributed by atoms with Crippen LogP contribution in [0.15, 0.2) is 18.2 Å². The number of rotatable bonds is 4. The van der Waals surface area contributed by atoms with Crippen LogP contribution in [0.5, 0.6) is 0 Å². The Kier molecular flexibility index (Phi) is 4.23. The fourth-order valence-corrected chi connectivity index (χ4v) is 6.63. The van der Waals surface area contributed by atoms with E-state index in [4.69, 9.17) is 0 Å². The fourth-order valence-electron chi connectivity index (χ4n) is 6.63. The van der Waals surface area contributed by atoms with Gasteiger partial charge in [0.15, 0.2) is 0 Å². The van der Waals surface area contributed by atoms with Crippen molar-refractivity contribution in [1.82, 2.24) is 4.90 Å². The van der Waals surface area contributed by atoms with Crippen molar-refractivity contribution in [2.45, 2.75) is 58.9 Å². The Morgan fingerprint density at radius 1 is 1.17 bits per heavy atom. The van der Waals surface area contributed by atoms with Gasteiger partial charge in [0, 0.05) is 18.7 Å².